The third-order valence-electron chi connectivity index (χ3n) is 2.24. The van der Waals surface area contributed by atoms with E-state index in [0.29, 0.717) is 6.61 Å². The van der Waals surface area contributed by atoms with E-state index in [1.165, 1.54) is 4.44 Å². The molecule has 0 saturated carbocycles. The molecule has 0 unspecified atom stereocenters. The van der Waals surface area contributed by atoms with Gasteiger partial charge in [0, 0.05) is 0 Å². The molecule has 94 valence electrons. The van der Waals surface area contributed by atoms with Crippen molar-refractivity contribution in [2.75, 3.05) is 6.61 Å². The van der Waals surface area contributed by atoms with Crippen LogP contribution in [0.5, 0.6) is 0 Å². The number of hydrogen-bond acceptors (Lipinski definition) is 1. The first-order valence-corrected chi connectivity index (χ1v) is 26.5. The first kappa shape index (κ1) is 16.9. The maximum absolute atomic E-state index is 5.65. The molecule has 0 aliphatic carbocycles. The predicted molar refractivity (Wildman–Crippen MR) is 80.3 cm³/mol. The van der Waals surface area contributed by atoms with Crippen molar-refractivity contribution in [1.82, 2.24) is 0 Å². The van der Waals surface area contributed by atoms with E-state index >= 15 is 0 Å². The molecule has 0 aliphatic heterocycles. The van der Waals surface area contributed by atoms with Crippen molar-refractivity contribution in [2.24, 2.45) is 0 Å². The van der Waals surface area contributed by atoms with Gasteiger partial charge in [-0.15, -0.1) is 0 Å². The summed E-state index contributed by atoms with van der Waals surface area (Å²) in [5.41, 5.74) is 1.10. The van der Waals surface area contributed by atoms with Crippen LogP contribution in [0.3, 0.4) is 0 Å². The van der Waals surface area contributed by atoms with Crippen LogP contribution in [0.25, 0.3) is 0 Å². The monoisotopic (exact) mass is 440 g/mol. The van der Waals surface area contributed by atoms with E-state index in [-0.39, 0.29) is 0 Å². The number of rotatable bonds is 6. The van der Waals surface area contributed by atoms with Crippen LogP contribution in [0.15, 0.2) is 22.0 Å². The molecule has 0 heterocycles. The molecule has 0 aliphatic rings. The molecular weight excluding hydrogens is 410 g/mol. The van der Waals surface area contributed by atoms with Gasteiger partial charge in [-0.05, 0) is 0 Å². The fourth-order valence-electron chi connectivity index (χ4n) is 1.34. The van der Waals surface area contributed by atoms with Gasteiger partial charge in [0.25, 0.3) is 0 Å². The summed E-state index contributed by atoms with van der Waals surface area (Å²) in [6.07, 6.45) is 2.08. The Bertz CT molecular complexity index is 267. The Morgan fingerprint density at radius 3 is 1.94 bits per heavy atom. The average molecular weight is 438 g/mol. The fraction of sp³-hybridized carbons (Fsp3) is 0.692. The summed E-state index contributed by atoms with van der Waals surface area (Å²) in [7, 11) is 0. The summed E-state index contributed by atoms with van der Waals surface area (Å²) in [5.74, 6) is 0. The minimum absolute atomic E-state index is 0.672. The molecule has 0 saturated heterocycles. The van der Waals surface area contributed by atoms with Crippen molar-refractivity contribution in [3.8, 4) is 0 Å². The molecule has 0 aromatic heterocycles. The SMILES string of the molecule is C=C(C)CO/C=[C](\[CH2][Sn]([CH3])([CH3])[CH3])[Sn]([CH3])([CH3])[CH3]. The fourth-order valence-corrected chi connectivity index (χ4v) is 27.9. The Kier molecular flexibility index (Phi) is 7.08. The van der Waals surface area contributed by atoms with Gasteiger partial charge in [-0.3, -0.25) is 0 Å². The second-order valence-corrected chi connectivity index (χ2v) is 37.2. The molecule has 0 aromatic carbocycles. The van der Waals surface area contributed by atoms with E-state index in [1.54, 1.807) is 3.59 Å². The zero-order valence-corrected chi connectivity index (χ0v) is 17.8. The van der Waals surface area contributed by atoms with Gasteiger partial charge in [-0.25, -0.2) is 0 Å². The summed E-state index contributed by atoms with van der Waals surface area (Å²) in [5, 5.41) is 0. The van der Waals surface area contributed by atoms with Crippen LogP contribution >= 0.6 is 0 Å². The van der Waals surface area contributed by atoms with Crippen molar-refractivity contribution in [2.45, 2.75) is 41.0 Å². The third kappa shape index (κ3) is 8.96. The Labute approximate surface area is 110 Å². The van der Waals surface area contributed by atoms with E-state index in [0.717, 1.165) is 5.57 Å². The van der Waals surface area contributed by atoms with Crippen molar-refractivity contribution in [3.05, 3.63) is 22.0 Å². The van der Waals surface area contributed by atoms with Crippen LogP contribution in [0, 0.1) is 0 Å². The van der Waals surface area contributed by atoms with E-state index in [2.05, 4.69) is 42.5 Å². The Morgan fingerprint density at radius 1 is 1.12 bits per heavy atom. The normalized spacial score (nSPS) is 13.8. The van der Waals surface area contributed by atoms with Gasteiger partial charge in [0.05, 0.1) is 0 Å². The quantitative estimate of drug-likeness (QED) is 0.333. The van der Waals surface area contributed by atoms with E-state index in [1.807, 2.05) is 6.92 Å². The van der Waals surface area contributed by atoms with Crippen LogP contribution in [0.4, 0.5) is 0 Å². The van der Waals surface area contributed by atoms with Crippen molar-refractivity contribution >= 4 is 36.8 Å². The molecule has 16 heavy (non-hydrogen) atoms. The molecule has 0 fully saturated rings. The van der Waals surface area contributed by atoms with Crippen LogP contribution in [-0.2, 0) is 4.74 Å². The molecule has 0 rings (SSSR count). The van der Waals surface area contributed by atoms with E-state index < -0.39 is 36.8 Å². The molecule has 0 N–H and O–H groups in total. The Morgan fingerprint density at radius 2 is 1.62 bits per heavy atom. The van der Waals surface area contributed by atoms with Gasteiger partial charge in [-0.1, -0.05) is 0 Å². The second kappa shape index (κ2) is 6.71. The van der Waals surface area contributed by atoms with Crippen molar-refractivity contribution in [3.63, 3.8) is 0 Å². The van der Waals surface area contributed by atoms with Gasteiger partial charge in [0.15, 0.2) is 0 Å². The molecule has 0 aromatic rings. The summed E-state index contributed by atoms with van der Waals surface area (Å²) in [6.45, 7) is 6.55. The van der Waals surface area contributed by atoms with Crippen LogP contribution in [0.1, 0.15) is 6.92 Å². The van der Waals surface area contributed by atoms with Crippen LogP contribution in [0.2, 0.25) is 34.1 Å². The van der Waals surface area contributed by atoms with Gasteiger partial charge in [0.1, 0.15) is 0 Å². The summed E-state index contributed by atoms with van der Waals surface area (Å²) >= 11 is -3.67. The number of ether oxygens (including phenoxy) is 1. The van der Waals surface area contributed by atoms with Gasteiger partial charge in [-0.2, -0.15) is 0 Å². The maximum atomic E-state index is 5.65. The summed E-state index contributed by atoms with van der Waals surface area (Å²) in [4.78, 5) is 14.9. The predicted octanol–water partition coefficient (Wildman–Crippen LogP) is 4.68. The molecular formula is C13H28OSn2. The molecule has 0 radical (unpaired) electrons. The molecule has 3 heteroatoms. The first-order chi connectivity index (χ1) is 7.02. The van der Waals surface area contributed by atoms with Gasteiger partial charge < -0.3 is 0 Å². The summed E-state index contributed by atoms with van der Waals surface area (Å²) < 4.78 is 8.69. The Balaban J connectivity index is 4.62. The zero-order chi connectivity index (χ0) is 13.0. The number of allylic oxidation sites excluding steroid dienone is 1. The van der Waals surface area contributed by atoms with Crippen LogP contribution in [-0.4, -0.2) is 43.4 Å². The minimum atomic E-state index is -1.94. The average Bonchev–Trinajstić information content (AvgIpc) is 1.97. The van der Waals surface area contributed by atoms with Crippen molar-refractivity contribution in [1.29, 1.82) is 0 Å². The van der Waals surface area contributed by atoms with E-state index in [4.69, 9.17) is 4.74 Å². The molecule has 0 atom stereocenters. The van der Waals surface area contributed by atoms with Gasteiger partial charge in [0.2, 0.25) is 0 Å². The summed E-state index contributed by atoms with van der Waals surface area (Å²) in [6, 6.07) is 0. The first-order valence-electron chi connectivity index (χ1n) is 5.98. The Hall–Kier alpha value is 0.877. The number of hydrogen-bond donors (Lipinski definition) is 0. The van der Waals surface area contributed by atoms with Crippen LogP contribution < -0.4 is 0 Å². The molecule has 0 bridgehead atoms. The topological polar surface area (TPSA) is 9.23 Å². The molecule has 0 spiro atoms. The van der Waals surface area contributed by atoms with Crippen molar-refractivity contribution < 1.29 is 4.74 Å². The standard InChI is InChI=1S/C7H10O.6CH3.2Sn/c1-4-5-8-6-7(2)3;;;;;;;;/h5H,1-2,6H2,3H3;6*1H3;;. The molecule has 1 nitrogen and oxygen atoms in total. The van der Waals surface area contributed by atoms with E-state index in [9.17, 15) is 0 Å². The molecule has 0 amide bonds. The zero-order valence-electron chi connectivity index (χ0n) is 12.1. The second-order valence-electron chi connectivity index (χ2n) is 6.90. The van der Waals surface area contributed by atoms with Gasteiger partial charge >= 0.3 is 111 Å². The third-order valence-corrected chi connectivity index (χ3v) is 15.6.